The Kier molecular flexibility index (Phi) is 5.77. The van der Waals surface area contributed by atoms with E-state index in [1.165, 1.54) is 6.07 Å². The molecule has 3 rings (SSSR count). The van der Waals surface area contributed by atoms with Gasteiger partial charge < -0.3 is 14.8 Å². The summed E-state index contributed by atoms with van der Waals surface area (Å²) < 4.78 is 39.1. The molecule has 0 unspecified atom stereocenters. The van der Waals surface area contributed by atoms with Crippen molar-refractivity contribution in [1.82, 2.24) is 9.71 Å². The minimum Gasteiger partial charge on any atom is -0.321 e. The standard InChI is InChI=1S/C17H16ClN2O6PS/c18-13-10-14-12(8-15(17(21)20-14)27(22,23)24)9-16(13)28(25,26)19-7-6-11-4-2-1-3-5-11/h1-5,8-10,19H,6-7H2,(H,20,21)(H2,22,23,24). The Hall–Kier alpha value is -2.00. The van der Waals surface area contributed by atoms with E-state index in [0.717, 1.165) is 17.7 Å². The van der Waals surface area contributed by atoms with Crippen molar-refractivity contribution < 1.29 is 22.8 Å². The fraction of sp³-hybridized carbons (Fsp3) is 0.118. The molecule has 0 spiro atoms. The number of hydrogen-bond acceptors (Lipinski definition) is 4. The molecule has 148 valence electrons. The Bertz CT molecular complexity index is 1240. The molecule has 0 aliphatic rings. The Morgan fingerprint density at radius 2 is 1.79 bits per heavy atom. The summed E-state index contributed by atoms with van der Waals surface area (Å²) in [6.45, 7) is 0.139. The number of H-pyrrole nitrogens is 1. The first-order valence-corrected chi connectivity index (χ1v) is 11.5. The molecule has 0 aliphatic carbocycles. The topological polar surface area (TPSA) is 137 Å². The highest BCUT2D eigenvalue weighted by molar-refractivity contribution is 7.89. The van der Waals surface area contributed by atoms with Gasteiger partial charge in [0.2, 0.25) is 10.0 Å². The summed E-state index contributed by atoms with van der Waals surface area (Å²) in [6, 6.07) is 12.7. The highest BCUT2D eigenvalue weighted by atomic mass is 35.5. The largest absolute Gasteiger partial charge is 0.361 e. The summed E-state index contributed by atoms with van der Waals surface area (Å²) in [5.41, 5.74) is 0.155. The number of benzene rings is 2. The third-order valence-electron chi connectivity index (χ3n) is 4.03. The average Bonchev–Trinajstić information content (AvgIpc) is 2.60. The number of fused-ring (bicyclic) bond motifs is 1. The van der Waals surface area contributed by atoms with Gasteiger partial charge in [0.25, 0.3) is 5.56 Å². The van der Waals surface area contributed by atoms with Crippen molar-refractivity contribution >= 4 is 45.4 Å². The van der Waals surface area contributed by atoms with Gasteiger partial charge >= 0.3 is 7.60 Å². The quantitative estimate of drug-likeness (QED) is 0.427. The lowest BCUT2D eigenvalue weighted by Crippen LogP contribution is -2.28. The van der Waals surface area contributed by atoms with E-state index in [2.05, 4.69) is 9.71 Å². The Morgan fingerprint density at radius 1 is 1.11 bits per heavy atom. The first-order chi connectivity index (χ1) is 13.1. The van der Waals surface area contributed by atoms with Crippen LogP contribution in [0.2, 0.25) is 5.02 Å². The smallest absolute Gasteiger partial charge is 0.321 e. The zero-order chi connectivity index (χ0) is 20.5. The predicted octanol–water partition coefficient (Wildman–Crippen LogP) is 1.51. The van der Waals surface area contributed by atoms with Crippen molar-refractivity contribution in [3.63, 3.8) is 0 Å². The molecule has 4 N–H and O–H groups in total. The van der Waals surface area contributed by atoms with Crippen molar-refractivity contribution in [2.75, 3.05) is 6.54 Å². The Balaban J connectivity index is 1.94. The van der Waals surface area contributed by atoms with Crippen molar-refractivity contribution in [3.8, 4) is 0 Å². The van der Waals surface area contributed by atoms with Crippen LogP contribution in [0.25, 0.3) is 10.9 Å². The van der Waals surface area contributed by atoms with E-state index in [0.29, 0.717) is 6.42 Å². The fourth-order valence-electron chi connectivity index (χ4n) is 2.67. The maximum Gasteiger partial charge on any atom is 0.361 e. The number of sulfonamides is 1. The Labute approximate surface area is 165 Å². The summed E-state index contributed by atoms with van der Waals surface area (Å²) in [4.78, 5) is 32.4. The van der Waals surface area contributed by atoms with Crippen LogP contribution in [-0.4, -0.2) is 29.7 Å². The highest BCUT2D eigenvalue weighted by Crippen LogP contribution is 2.33. The maximum absolute atomic E-state index is 12.6. The van der Waals surface area contributed by atoms with Gasteiger partial charge in [0, 0.05) is 17.4 Å². The number of hydrogen-bond donors (Lipinski definition) is 4. The molecule has 0 bridgehead atoms. The SMILES string of the molecule is O=c1[nH]c2cc(Cl)c(S(=O)(=O)NCCc3ccccc3)cc2cc1P(=O)(O)O. The van der Waals surface area contributed by atoms with E-state index in [1.807, 2.05) is 30.3 Å². The van der Waals surface area contributed by atoms with E-state index in [1.54, 1.807) is 0 Å². The second-order valence-corrected chi connectivity index (χ2v) is 9.74. The molecule has 1 heterocycles. The predicted molar refractivity (Wildman–Crippen MR) is 107 cm³/mol. The van der Waals surface area contributed by atoms with Crippen molar-refractivity contribution in [2.24, 2.45) is 0 Å². The van der Waals surface area contributed by atoms with Gasteiger partial charge in [0.05, 0.1) is 5.02 Å². The summed E-state index contributed by atoms with van der Waals surface area (Å²) in [5, 5.41) is -0.743. The molecule has 28 heavy (non-hydrogen) atoms. The second-order valence-electron chi connectivity index (χ2n) is 6.03. The van der Waals surface area contributed by atoms with Gasteiger partial charge in [0.15, 0.2) is 0 Å². The molecular weight excluding hydrogens is 427 g/mol. The van der Waals surface area contributed by atoms with Crippen LogP contribution in [-0.2, 0) is 21.0 Å². The molecule has 0 radical (unpaired) electrons. The van der Waals surface area contributed by atoms with Crippen LogP contribution >= 0.6 is 19.2 Å². The molecule has 0 saturated heterocycles. The molecule has 11 heteroatoms. The molecule has 0 aliphatic heterocycles. The zero-order valence-electron chi connectivity index (χ0n) is 14.3. The summed E-state index contributed by atoms with van der Waals surface area (Å²) >= 11 is 6.07. The lowest BCUT2D eigenvalue weighted by atomic mass is 10.2. The maximum atomic E-state index is 12.6. The lowest BCUT2D eigenvalue weighted by molar-refractivity contribution is 0.387. The van der Waals surface area contributed by atoms with Gasteiger partial charge in [0.1, 0.15) is 10.2 Å². The summed E-state index contributed by atoms with van der Waals surface area (Å²) in [7, 11) is -8.80. The van der Waals surface area contributed by atoms with Crippen LogP contribution in [0.15, 0.2) is 58.2 Å². The highest BCUT2D eigenvalue weighted by Gasteiger charge is 2.24. The zero-order valence-corrected chi connectivity index (χ0v) is 16.8. The minimum atomic E-state index is -4.82. The van der Waals surface area contributed by atoms with E-state index in [-0.39, 0.29) is 27.4 Å². The number of nitrogens with one attached hydrogen (secondary N) is 2. The third-order valence-corrected chi connectivity index (χ3v) is 6.91. The number of aromatic nitrogens is 1. The molecule has 2 aromatic carbocycles. The number of aromatic amines is 1. The van der Waals surface area contributed by atoms with E-state index in [9.17, 15) is 27.6 Å². The molecule has 8 nitrogen and oxygen atoms in total. The molecular formula is C17H16ClN2O6PS. The van der Waals surface area contributed by atoms with Crippen LogP contribution < -0.4 is 15.6 Å². The van der Waals surface area contributed by atoms with Gasteiger partial charge in [-0.25, -0.2) is 13.1 Å². The van der Waals surface area contributed by atoms with Crippen molar-refractivity contribution in [1.29, 1.82) is 0 Å². The van der Waals surface area contributed by atoms with Crippen LogP contribution in [0.1, 0.15) is 5.56 Å². The van der Waals surface area contributed by atoms with Gasteiger partial charge in [-0.2, -0.15) is 0 Å². The van der Waals surface area contributed by atoms with Gasteiger partial charge in [-0.15, -0.1) is 0 Å². The summed E-state index contributed by atoms with van der Waals surface area (Å²) in [6.07, 6.45) is 0.473. The van der Waals surface area contributed by atoms with Crippen LogP contribution in [0.4, 0.5) is 0 Å². The van der Waals surface area contributed by atoms with Crippen LogP contribution in [0.5, 0.6) is 0 Å². The van der Waals surface area contributed by atoms with Crippen molar-refractivity contribution in [2.45, 2.75) is 11.3 Å². The third kappa shape index (κ3) is 4.52. The normalized spacial score (nSPS) is 12.4. The average molecular weight is 443 g/mol. The number of rotatable bonds is 6. The first-order valence-electron chi connectivity index (χ1n) is 8.04. The number of pyridine rings is 1. The van der Waals surface area contributed by atoms with Crippen LogP contribution in [0, 0.1) is 0 Å². The fourth-order valence-corrected chi connectivity index (χ4v) is 4.89. The van der Waals surface area contributed by atoms with Gasteiger partial charge in [-0.3, -0.25) is 9.36 Å². The molecule has 0 atom stereocenters. The van der Waals surface area contributed by atoms with Gasteiger partial charge in [-0.1, -0.05) is 41.9 Å². The van der Waals surface area contributed by atoms with E-state index in [4.69, 9.17) is 11.6 Å². The molecule has 1 aromatic heterocycles. The second kappa shape index (κ2) is 7.79. The molecule has 0 saturated carbocycles. The Morgan fingerprint density at radius 3 is 2.43 bits per heavy atom. The summed E-state index contributed by atoms with van der Waals surface area (Å²) in [5.74, 6) is 0. The molecule has 0 amide bonds. The first kappa shape index (κ1) is 20.7. The monoisotopic (exact) mass is 442 g/mol. The van der Waals surface area contributed by atoms with Crippen LogP contribution in [0.3, 0.4) is 0 Å². The van der Waals surface area contributed by atoms with E-state index >= 15 is 0 Å². The van der Waals surface area contributed by atoms with E-state index < -0.39 is 28.5 Å². The molecule has 3 aromatic rings. The molecule has 0 fully saturated rings. The lowest BCUT2D eigenvalue weighted by Gasteiger charge is -2.11. The number of halogens is 1. The minimum absolute atomic E-state index is 0.126. The van der Waals surface area contributed by atoms with Gasteiger partial charge in [-0.05, 0) is 30.2 Å². The van der Waals surface area contributed by atoms with Crippen molar-refractivity contribution in [3.05, 3.63) is 69.5 Å².